The summed E-state index contributed by atoms with van der Waals surface area (Å²) in [7, 11) is 5.09. The predicted molar refractivity (Wildman–Crippen MR) is 82.0 cm³/mol. The molecule has 1 aromatic carbocycles. The SMILES string of the molecule is CNc1cc(COC)nc(-c2cc(Br)ccc2OC)n1. The third kappa shape index (κ3) is 3.26. The Balaban J connectivity index is 2.56. The minimum atomic E-state index is 0.431. The number of nitrogens with one attached hydrogen (secondary N) is 1. The van der Waals surface area contributed by atoms with Crippen LogP contribution in [-0.2, 0) is 11.3 Å². The average molecular weight is 338 g/mol. The number of aromatic nitrogens is 2. The van der Waals surface area contributed by atoms with E-state index in [1.807, 2.05) is 31.3 Å². The van der Waals surface area contributed by atoms with E-state index in [0.717, 1.165) is 27.3 Å². The summed E-state index contributed by atoms with van der Waals surface area (Å²) in [5, 5.41) is 3.03. The molecule has 2 aromatic rings. The van der Waals surface area contributed by atoms with Crippen molar-refractivity contribution in [2.24, 2.45) is 0 Å². The Kier molecular flexibility index (Phi) is 4.92. The summed E-state index contributed by atoms with van der Waals surface area (Å²) < 4.78 is 11.5. The van der Waals surface area contributed by atoms with E-state index in [9.17, 15) is 0 Å². The van der Waals surface area contributed by atoms with Gasteiger partial charge in [0.25, 0.3) is 0 Å². The van der Waals surface area contributed by atoms with Crippen molar-refractivity contribution >= 4 is 21.7 Å². The number of hydrogen-bond acceptors (Lipinski definition) is 5. The second kappa shape index (κ2) is 6.67. The first-order valence-electron chi connectivity index (χ1n) is 6.06. The van der Waals surface area contributed by atoms with Crippen molar-refractivity contribution < 1.29 is 9.47 Å². The molecule has 1 N–H and O–H groups in total. The van der Waals surface area contributed by atoms with Gasteiger partial charge < -0.3 is 14.8 Å². The molecule has 6 heteroatoms. The molecule has 0 saturated heterocycles. The summed E-state index contributed by atoms with van der Waals surface area (Å²) in [5.74, 6) is 2.07. The number of anilines is 1. The Morgan fingerprint density at radius 3 is 2.65 bits per heavy atom. The van der Waals surface area contributed by atoms with Gasteiger partial charge >= 0.3 is 0 Å². The lowest BCUT2D eigenvalue weighted by atomic mass is 10.2. The van der Waals surface area contributed by atoms with Crippen molar-refractivity contribution in [2.75, 3.05) is 26.6 Å². The Morgan fingerprint density at radius 2 is 2.00 bits per heavy atom. The first-order valence-corrected chi connectivity index (χ1v) is 6.85. The van der Waals surface area contributed by atoms with Gasteiger partial charge in [0.2, 0.25) is 0 Å². The minimum absolute atomic E-state index is 0.431. The monoisotopic (exact) mass is 337 g/mol. The maximum atomic E-state index is 5.38. The lowest BCUT2D eigenvalue weighted by molar-refractivity contribution is 0.181. The second-order valence-corrected chi connectivity index (χ2v) is 5.01. The number of rotatable bonds is 5. The van der Waals surface area contributed by atoms with Crippen LogP contribution >= 0.6 is 15.9 Å². The van der Waals surface area contributed by atoms with Crippen molar-refractivity contribution in [2.45, 2.75) is 6.61 Å². The number of halogens is 1. The zero-order valence-electron chi connectivity index (χ0n) is 11.6. The van der Waals surface area contributed by atoms with Gasteiger partial charge in [0.05, 0.1) is 25.0 Å². The van der Waals surface area contributed by atoms with E-state index in [1.54, 1.807) is 14.2 Å². The summed E-state index contributed by atoms with van der Waals surface area (Å²) in [6.45, 7) is 0.431. The number of methoxy groups -OCH3 is 2. The molecule has 0 aliphatic carbocycles. The van der Waals surface area contributed by atoms with Crippen LogP contribution in [0, 0.1) is 0 Å². The highest BCUT2D eigenvalue weighted by Gasteiger charge is 2.12. The number of nitrogens with zero attached hydrogens (tertiary/aromatic N) is 2. The summed E-state index contributed by atoms with van der Waals surface area (Å²) >= 11 is 3.46. The van der Waals surface area contributed by atoms with Crippen LogP contribution in [0.1, 0.15) is 5.69 Å². The Hall–Kier alpha value is -1.66. The van der Waals surface area contributed by atoms with Crippen LogP contribution in [0.2, 0.25) is 0 Å². The predicted octanol–water partition coefficient (Wildman–Crippen LogP) is 3.10. The highest BCUT2D eigenvalue weighted by atomic mass is 79.9. The van der Waals surface area contributed by atoms with Crippen molar-refractivity contribution in [3.63, 3.8) is 0 Å². The molecule has 0 radical (unpaired) electrons. The number of ether oxygens (including phenoxy) is 2. The van der Waals surface area contributed by atoms with Gasteiger partial charge in [-0.2, -0.15) is 0 Å². The smallest absolute Gasteiger partial charge is 0.165 e. The van der Waals surface area contributed by atoms with E-state index in [4.69, 9.17) is 9.47 Å². The Labute approximate surface area is 126 Å². The Morgan fingerprint density at radius 1 is 1.20 bits per heavy atom. The highest BCUT2D eigenvalue weighted by molar-refractivity contribution is 9.10. The summed E-state index contributed by atoms with van der Waals surface area (Å²) in [5.41, 5.74) is 1.64. The molecule has 1 heterocycles. The maximum Gasteiger partial charge on any atom is 0.165 e. The van der Waals surface area contributed by atoms with Crippen molar-refractivity contribution in [3.05, 3.63) is 34.4 Å². The normalized spacial score (nSPS) is 10.4. The number of hydrogen-bond donors (Lipinski definition) is 1. The van der Waals surface area contributed by atoms with Crippen LogP contribution < -0.4 is 10.1 Å². The molecule has 0 amide bonds. The molecule has 20 heavy (non-hydrogen) atoms. The van der Waals surface area contributed by atoms with E-state index in [2.05, 4.69) is 31.2 Å². The van der Waals surface area contributed by atoms with Gasteiger partial charge in [0, 0.05) is 24.7 Å². The quantitative estimate of drug-likeness (QED) is 0.908. The summed E-state index contributed by atoms with van der Waals surface area (Å²) in [6.07, 6.45) is 0. The topological polar surface area (TPSA) is 56.3 Å². The molecule has 0 fully saturated rings. The van der Waals surface area contributed by atoms with Gasteiger partial charge in [-0.05, 0) is 18.2 Å². The average Bonchev–Trinajstić information content (AvgIpc) is 2.47. The van der Waals surface area contributed by atoms with Crippen LogP contribution in [0.15, 0.2) is 28.7 Å². The number of benzene rings is 1. The fourth-order valence-corrected chi connectivity index (χ4v) is 2.18. The second-order valence-electron chi connectivity index (χ2n) is 4.10. The Bertz CT molecular complexity index is 605. The van der Waals surface area contributed by atoms with E-state index < -0.39 is 0 Å². The molecule has 0 spiro atoms. The molecule has 2 rings (SSSR count). The first-order chi connectivity index (χ1) is 9.67. The van der Waals surface area contributed by atoms with E-state index in [-0.39, 0.29) is 0 Å². The standard InChI is InChI=1S/C14H16BrN3O2/c1-16-13-7-10(8-19-2)17-14(18-13)11-6-9(15)4-5-12(11)20-3/h4-7H,8H2,1-3H3,(H,16,17,18). The van der Waals surface area contributed by atoms with Crippen LogP contribution in [0.3, 0.4) is 0 Å². The van der Waals surface area contributed by atoms with Gasteiger partial charge in [-0.1, -0.05) is 15.9 Å². The summed E-state index contributed by atoms with van der Waals surface area (Å²) in [6, 6.07) is 7.59. The van der Waals surface area contributed by atoms with E-state index in [0.29, 0.717) is 12.4 Å². The van der Waals surface area contributed by atoms with Crippen molar-refractivity contribution in [1.82, 2.24) is 9.97 Å². The van der Waals surface area contributed by atoms with Gasteiger partial charge in [-0.3, -0.25) is 0 Å². The molecule has 5 nitrogen and oxygen atoms in total. The molecular formula is C14H16BrN3O2. The lowest BCUT2D eigenvalue weighted by Gasteiger charge is -2.11. The molecule has 0 saturated carbocycles. The molecule has 0 aliphatic heterocycles. The third-order valence-electron chi connectivity index (χ3n) is 2.73. The fourth-order valence-electron chi connectivity index (χ4n) is 1.82. The molecule has 0 aliphatic rings. The molecule has 0 bridgehead atoms. The van der Waals surface area contributed by atoms with Crippen molar-refractivity contribution in [3.8, 4) is 17.1 Å². The van der Waals surface area contributed by atoms with Crippen LogP contribution in [0.4, 0.5) is 5.82 Å². The van der Waals surface area contributed by atoms with Crippen molar-refractivity contribution in [1.29, 1.82) is 0 Å². The highest BCUT2D eigenvalue weighted by Crippen LogP contribution is 2.31. The third-order valence-corrected chi connectivity index (χ3v) is 3.22. The van der Waals surface area contributed by atoms with Crippen LogP contribution in [0.25, 0.3) is 11.4 Å². The van der Waals surface area contributed by atoms with Gasteiger partial charge in [-0.15, -0.1) is 0 Å². The maximum absolute atomic E-state index is 5.38. The van der Waals surface area contributed by atoms with Crippen LogP contribution in [0.5, 0.6) is 5.75 Å². The van der Waals surface area contributed by atoms with Gasteiger partial charge in [0.1, 0.15) is 11.6 Å². The fraction of sp³-hybridized carbons (Fsp3) is 0.286. The first kappa shape index (κ1) is 14.7. The zero-order chi connectivity index (χ0) is 14.5. The molecule has 0 unspecified atom stereocenters. The molecular weight excluding hydrogens is 322 g/mol. The van der Waals surface area contributed by atoms with E-state index in [1.165, 1.54) is 0 Å². The minimum Gasteiger partial charge on any atom is -0.496 e. The van der Waals surface area contributed by atoms with Gasteiger partial charge in [0.15, 0.2) is 5.82 Å². The van der Waals surface area contributed by atoms with E-state index >= 15 is 0 Å². The molecule has 1 aromatic heterocycles. The summed E-state index contributed by atoms with van der Waals surface area (Å²) in [4.78, 5) is 8.99. The zero-order valence-corrected chi connectivity index (χ0v) is 13.2. The lowest BCUT2D eigenvalue weighted by Crippen LogP contribution is -2.02. The molecule has 0 atom stereocenters. The molecule has 106 valence electrons. The van der Waals surface area contributed by atoms with Crippen LogP contribution in [-0.4, -0.2) is 31.2 Å². The largest absolute Gasteiger partial charge is 0.496 e. The van der Waals surface area contributed by atoms with Gasteiger partial charge in [-0.25, -0.2) is 9.97 Å².